The second kappa shape index (κ2) is 7.38. The van der Waals surface area contributed by atoms with Crippen molar-refractivity contribution in [2.24, 2.45) is 11.8 Å². The van der Waals surface area contributed by atoms with E-state index in [-0.39, 0.29) is 6.61 Å². The molecule has 5 nitrogen and oxygen atoms in total. The van der Waals surface area contributed by atoms with Crippen LogP contribution in [0.15, 0.2) is 12.1 Å². The monoisotopic (exact) mass is 304 g/mol. The van der Waals surface area contributed by atoms with Crippen LogP contribution in [0.4, 0.5) is 5.82 Å². The molecule has 0 aliphatic carbocycles. The maximum absolute atomic E-state index is 9.75. The third kappa shape index (κ3) is 3.76. The van der Waals surface area contributed by atoms with Crippen molar-refractivity contribution < 1.29 is 5.11 Å². The number of hydrogen-bond acceptors (Lipinski definition) is 5. The first-order valence-corrected chi connectivity index (χ1v) is 8.65. The Bertz CT molecular complexity index is 456. The van der Waals surface area contributed by atoms with Crippen molar-refractivity contribution >= 4 is 5.82 Å². The van der Waals surface area contributed by atoms with E-state index >= 15 is 0 Å². The summed E-state index contributed by atoms with van der Waals surface area (Å²) >= 11 is 0. The minimum Gasteiger partial charge on any atom is -0.396 e. The molecule has 0 amide bonds. The number of rotatable bonds is 4. The molecule has 2 fully saturated rings. The summed E-state index contributed by atoms with van der Waals surface area (Å²) in [6.45, 7) is 7.67. The molecule has 2 aliphatic heterocycles. The average Bonchev–Trinajstić information content (AvgIpc) is 2.75. The Balaban J connectivity index is 1.62. The first-order valence-electron chi connectivity index (χ1n) is 8.65. The molecule has 0 spiro atoms. The zero-order valence-corrected chi connectivity index (χ0v) is 13.6. The maximum atomic E-state index is 9.75. The van der Waals surface area contributed by atoms with Crippen LogP contribution in [0.1, 0.15) is 31.4 Å². The Kier molecular flexibility index (Phi) is 5.26. The summed E-state index contributed by atoms with van der Waals surface area (Å²) < 4.78 is 0. The van der Waals surface area contributed by atoms with E-state index in [1.54, 1.807) is 0 Å². The van der Waals surface area contributed by atoms with Crippen LogP contribution in [0.2, 0.25) is 0 Å². The molecule has 1 aromatic rings. The van der Waals surface area contributed by atoms with Gasteiger partial charge in [-0.2, -0.15) is 5.10 Å². The predicted molar refractivity (Wildman–Crippen MR) is 88.0 cm³/mol. The highest BCUT2D eigenvalue weighted by Crippen LogP contribution is 2.28. The Morgan fingerprint density at radius 3 is 2.41 bits per heavy atom. The molecule has 0 aromatic carbocycles. The van der Waals surface area contributed by atoms with Gasteiger partial charge in [-0.05, 0) is 50.9 Å². The lowest BCUT2D eigenvalue weighted by Gasteiger charge is -2.26. The van der Waals surface area contributed by atoms with Crippen molar-refractivity contribution in [1.29, 1.82) is 0 Å². The molecular formula is C17H28N4O. The summed E-state index contributed by atoms with van der Waals surface area (Å²) in [7, 11) is 0. The van der Waals surface area contributed by atoms with Crippen LogP contribution in [0.25, 0.3) is 0 Å². The molecule has 5 heteroatoms. The summed E-state index contributed by atoms with van der Waals surface area (Å²) in [6.07, 6.45) is 5.39. The smallest absolute Gasteiger partial charge is 0.151 e. The largest absolute Gasteiger partial charge is 0.396 e. The molecule has 2 saturated heterocycles. The van der Waals surface area contributed by atoms with Gasteiger partial charge in [0.05, 0.1) is 5.69 Å². The van der Waals surface area contributed by atoms with Crippen LogP contribution < -0.4 is 4.90 Å². The second-order valence-corrected chi connectivity index (χ2v) is 6.86. The fourth-order valence-electron chi connectivity index (χ4n) is 3.75. The maximum Gasteiger partial charge on any atom is 0.151 e. The highest BCUT2D eigenvalue weighted by Gasteiger charge is 2.34. The van der Waals surface area contributed by atoms with Crippen molar-refractivity contribution in [2.75, 3.05) is 44.2 Å². The Morgan fingerprint density at radius 1 is 1.05 bits per heavy atom. The van der Waals surface area contributed by atoms with E-state index < -0.39 is 0 Å². The Labute approximate surface area is 133 Å². The summed E-state index contributed by atoms with van der Waals surface area (Å²) in [4.78, 5) is 4.89. The Morgan fingerprint density at radius 2 is 1.77 bits per heavy atom. The van der Waals surface area contributed by atoms with Crippen LogP contribution in [0, 0.1) is 18.8 Å². The fourth-order valence-corrected chi connectivity index (χ4v) is 3.75. The number of likely N-dealkylation sites (tertiary alicyclic amines) is 1. The zero-order chi connectivity index (χ0) is 15.4. The van der Waals surface area contributed by atoms with Gasteiger partial charge in [0, 0.05) is 32.2 Å². The van der Waals surface area contributed by atoms with Gasteiger partial charge in [0.1, 0.15) is 0 Å². The van der Waals surface area contributed by atoms with Crippen LogP contribution in [-0.2, 0) is 0 Å². The van der Waals surface area contributed by atoms with E-state index in [2.05, 4.69) is 20.0 Å². The van der Waals surface area contributed by atoms with Crippen LogP contribution in [-0.4, -0.2) is 59.5 Å². The molecule has 2 aliphatic rings. The van der Waals surface area contributed by atoms with E-state index in [4.69, 9.17) is 0 Å². The van der Waals surface area contributed by atoms with Gasteiger partial charge in [0.2, 0.25) is 0 Å². The van der Waals surface area contributed by atoms with E-state index in [9.17, 15) is 5.11 Å². The highest BCUT2D eigenvalue weighted by atomic mass is 16.3. The van der Waals surface area contributed by atoms with E-state index in [0.717, 1.165) is 31.1 Å². The van der Waals surface area contributed by atoms with E-state index in [1.807, 2.05) is 19.1 Å². The molecule has 22 heavy (non-hydrogen) atoms. The lowest BCUT2D eigenvalue weighted by Crippen LogP contribution is -2.34. The minimum atomic E-state index is 0.272. The molecule has 3 heterocycles. The van der Waals surface area contributed by atoms with Crippen LogP contribution >= 0.6 is 0 Å². The van der Waals surface area contributed by atoms with Gasteiger partial charge < -0.3 is 14.9 Å². The normalized spacial score (nSPS) is 27.1. The first kappa shape index (κ1) is 15.7. The number of aromatic nitrogens is 2. The van der Waals surface area contributed by atoms with Gasteiger partial charge in [-0.3, -0.25) is 0 Å². The summed E-state index contributed by atoms with van der Waals surface area (Å²) in [6, 6.07) is 4.06. The predicted octanol–water partition coefficient (Wildman–Crippen LogP) is 1.71. The number of aryl methyl sites for hydroxylation is 1. The molecule has 0 radical (unpaired) electrons. The number of hydrogen-bond donors (Lipinski definition) is 1. The quantitative estimate of drug-likeness (QED) is 0.917. The third-order valence-corrected chi connectivity index (χ3v) is 5.11. The fraction of sp³-hybridized carbons (Fsp3) is 0.765. The molecule has 1 N–H and O–H groups in total. The number of anilines is 1. The van der Waals surface area contributed by atoms with Crippen molar-refractivity contribution in [2.45, 2.75) is 32.6 Å². The topological polar surface area (TPSA) is 52.5 Å². The van der Waals surface area contributed by atoms with Crippen molar-refractivity contribution in [1.82, 2.24) is 15.1 Å². The van der Waals surface area contributed by atoms with Gasteiger partial charge in [-0.1, -0.05) is 12.8 Å². The second-order valence-electron chi connectivity index (χ2n) is 6.86. The first-order chi connectivity index (χ1) is 10.8. The summed E-state index contributed by atoms with van der Waals surface area (Å²) in [5.74, 6) is 1.83. The minimum absolute atomic E-state index is 0.272. The molecular weight excluding hydrogens is 276 g/mol. The zero-order valence-electron chi connectivity index (χ0n) is 13.6. The van der Waals surface area contributed by atoms with Gasteiger partial charge in [-0.15, -0.1) is 5.10 Å². The summed E-state index contributed by atoms with van der Waals surface area (Å²) in [5, 5.41) is 18.2. The molecule has 0 unspecified atom stereocenters. The van der Waals surface area contributed by atoms with Crippen molar-refractivity contribution in [3.05, 3.63) is 17.8 Å². The van der Waals surface area contributed by atoms with E-state index in [0.29, 0.717) is 11.8 Å². The molecule has 3 rings (SSSR count). The standard InChI is InChI=1S/C17H28N4O/c1-14-6-7-17(19-18-14)21-11-15(16(12-21)13-22)10-20-8-4-2-3-5-9-20/h6-7,15-16,22H,2-5,8-13H2,1H3/t15-,16-/m1/s1. The lowest BCUT2D eigenvalue weighted by molar-refractivity contribution is 0.165. The third-order valence-electron chi connectivity index (χ3n) is 5.11. The number of aliphatic hydroxyl groups excluding tert-OH is 1. The van der Waals surface area contributed by atoms with Crippen molar-refractivity contribution in [3.63, 3.8) is 0 Å². The SMILES string of the molecule is Cc1ccc(N2C[C@@H](CN3CCCCCC3)[C@@H](CO)C2)nn1. The van der Waals surface area contributed by atoms with Crippen LogP contribution in [0.5, 0.6) is 0 Å². The number of aliphatic hydroxyl groups is 1. The Hall–Kier alpha value is -1.20. The molecule has 2 atom stereocenters. The van der Waals surface area contributed by atoms with E-state index in [1.165, 1.54) is 38.8 Å². The molecule has 0 bridgehead atoms. The number of nitrogens with zero attached hydrogens (tertiary/aromatic N) is 4. The molecule has 1 aromatic heterocycles. The van der Waals surface area contributed by atoms with Gasteiger partial charge >= 0.3 is 0 Å². The van der Waals surface area contributed by atoms with Gasteiger partial charge in [-0.25, -0.2) is 0 Å². The summed E-state index contributed by atoms with van der Waals surface area (Å²) in [5.41, 5.74) is 0.947. The molecule has 0 saturated carbocycles. The average molecular weight is 304 g/mol. The lowest BCUT2D eigenvalue weighted by atomic mass is 9.96. The molecule has 122 valence electrons. The van der Waals surface area contributed by atoms with Gasteiger partial charge in [0.15, 0.2) is 5.82 Å². The highest BCUT2D eigenvalue weighted by molar-refractivity contribution is 5.39. The van der Waals surface area contributed by atoms with Crippen LogP contribution in [0.3, 0.4) is 0 Å². The van der Waals surface area contributed by atoms with Gasteiger partial charge in [0.25, 0.3) is 0 Å². The van der Waals surface area contributed by atoms with Crippen molar-refractivity contribution in [3.8, 4) is 0 Å².